The van der Waals surface area contributed by atoms with Crippen molar-refractivity contribution in [3.8, 4) is 5.69 Å². The summed E-state index contributed by atoms with van der Waals surface area (Å²) in [5, 5.41) is 0. The zero-order chi connectivity index (χ0) is 20.2. The van der Waals surface area contributed by atoms with Crippen molar-refractivity contribution in [1.29, 1.82) is 0 Å². The molecule has 1 N–H and O–H groups in total. The summed E-state index contributed by atoms with van der Waals surface area (Å²) in [5.41, 5.74) is 1.51. The SMILES string of the molecule is CCCCCCCCCCCCc1cccc(S(=O)(=O)O)c1-[n+]1ccccc1. The maximum absolute atomic E-state index is 11.9. The highest BCUT2D eigenvalue weighted by Gasteiger charge is 2.25. The molecule has 2 aromatic rings. The Morgan fingerprint density at radius 2 is 1.36 bits per heavy atom. The highest BCUT2D eigenvalue weighted by atomic mass is 32.2. The average Bonchev–Trinajstić information content (AvgIpc) is 2.69. The molecule has 0 atom stereocenters. The summed E-state index contributed by atoms with van der Waals surface area (Å²) in [6.45, 7) is 2.24. The van der Waals surface area contributed by atoms with Gasteiger partial charge in [-0.1, -0.05) is 82.9 Å². The van der Waals surface area contributed by atoms with E-state index in [1.165, 1.54) is 57.4 Å². The van der Waals surface area contributed by atoms with E-state index in [1.54, 1.807) is 10.6 Å². The molecule has 5 heteroatoms. The number of hydrogen-bond acceptors (Lipinski definition) is 2. The lowest BCUT2D eigenvalue weighted by atomic mass is 10.0. The number of para-hydroxylation sites is 1. The fourth-order valence-corrected chi connectivity index (χ4v) is 4.35. The fourth-order valence-electron chi connectivity index (χ4n) is 3.62. The first-order valence-corrected chi connectivity index (χ1v) is 12.0. The zero-order valence-electron chi connectivity index (χ0n) is 17.0. The Bertz CT molecular complexity index is 804. The standard InChI is InChI=1S/C23H33NO3S/c1-2-3-4-5-6-7-8-9-10-12-16-21-17-15-18-22(28(25,26)27)23(21)24-19-13-11-14-20-24/h11,13-15,17-20H,2-10,12,16H2,1H3/p+1. The van der Waals surface area contributed by atoms with Crippen LogP contribution in [0.1, 0.15) is 76.7 Å². The summed E-state index contributed by atoms with van der Waals surface area (Å²) in [6, 6.07) is 10.7. The molecule has 0 aliphatic heterocycles. The van der Waals surface area contributed by atoms with Crippen molar-refractivity contribution in [1.82, 2.24) is 0 Å². The maximum atomic E-state index is 11.9. The molecule has 2 rings (SSSR count). The van der Waals surface area contributed by atoms with E-state index in [4.69, 9.17) is 0 Å². The van der Waals surface area contributed by atoms with Crippen molar-refractivity contribution >= 4 is 10.1 Å². The Hall–Kier alpha value is -1.72. The van der Waals surface area contributed by atoms with E-state index in [-0.39, 0.29) is 4.90 Å². The molecule has 1 aromatic carbocycles. The number of hydrogen-bond donors (Lipinski definition) is 1. The van der Waals surface area contributed by atoms with Crippen molar-refractivity contribution in [2.45, 2.75) is 82.4 Å². The largest absolute Gasteiger partial charge is 0.301 e. The Kier molecular flexibility index (Phi) is 9.65. The van der Waals surface area contributed by atoms with Crippen LogP contribution >= 0.6 is 0 Å². The van der Waals surface area contributed by atoms with E-state index < -0.39 is 10.1 Å². The zero-order valence-corrected chi connectivity index (χ0v) is 17.8. The molecule has 0 spiro atoms. The number of aryl methyl sites for hydroxylation is 1. The van der Waals surface area contributed by atoms with Crippen molar-refractivity contribution in [2.75, 3.05) is 0 Å². The molecular weight excluding hydrogens is 370 g/mol. The van der Waals surface area contributed by atoms with Gasteiger partial charge in [0.15, 0.2) is 17.3 Å². The summed E-state index contributed by atoms with van der Waals surface area (Å²) in [5.74, 6) is 0. The third-order valence-corrected chi connectivity index (χ3v) is 6.02. The first-order chi connectivity index (χ1) is 13.5. The predicted octanol–water partition coefficient (Wildman–Crippen LogP) is 5.67. The predicted molar refractivity (Wildman–Crippen MR) is 113 cm³/mol. The van der Waals surface area contributed by atoms with Crippen molar-refractivity contribution in [2.24, 2.45) is 0 Å². The molecule has 0 unspecified atom stereocenters. The maximum Gasteiger partial charge on any atom is 0.301 e. The van der Waals surface area contributed by atoms with Gasteiger partial charge in [-0.3, -0.25) is 4.55 Å². The molecule has 1 aromatic heterocycles. The lowest BCUT2D eigenvalue weighted by Crippen LogP contribution is -2.33. The Balaban J connectivity index is 1.92. The summed E-state index contributed by atoms with van der Waals surface area (Å²) in [7, 11) is -4.28. The van der Waals surface area contributed by atoms with Gasteiger partial charge in [-0.05, 0) is 18.9 Å². The second-order valence-corrected chi connectivity index (χ2v) is 8.84. The summed E-state index contributed by atoms with van der Waals surface area (Å²) < 4.78 is 35.2. The van der Waals surface area contributed by atoms with Gasteiger partial charge in [-0.25, -0.2) is 0 Å². The van der Waals surface area contributed by atoms with Crippen LogP contribution in [0.15, 0.2) is 53.7 Å². The molecule has 0 radical (unpaired) electrons. The van der Waals surface area contributed by atoms with E-state index in [0.717, 1.165) is 24.8 Å². The highest BCUT2D eigenvalue weighted by molar-refractivity contribution is 7.86. The number of rotatable bonds is 13. The van der Waals surface area contributed by atoms with E-state index in [1.807, 2.05) is 36.7 Å². The highest BCUT2D eigenvalue weighted by Crippen LogP contribution is 2.22. The van der Waals surface area contributed by atoms with Gasteiger partial charge in [0.1, 0.15) is 0 Å². The monoisotopic (exact) mass is 404 g/mol. The van der Waals surface area contributed by atoms with Crippen LogP contribution in [0.25, 0.3) is 5.69 Å². The minimum atomic E-state index is -4.28. The molecule has 0 aliphatic carbocycles. The van der Waals surface area contributed by atoms with Gasteiger partial charge in [0.2, 0.25) is 5.69 Å². The average molecular weight is 405 g/mol. The van der Waals surface area contributed by atoms with Gasteiger partial charge >= 0.3 is 10.1 Å². The van der Waals surface area contributed by atoms with Crippen molar-refractivity contribution < 1.29 is 17.5 Å². The lowest BCUT2D eigenvalue weighted by Gasteiger charge is -2.08. The number of aromatic nitrogens is 1. The minimum Gasteiger partial charge on any atom is -0.282 e. The molecule has 1 heterocycles. The molecule has 0 amide bonds. The molecule has 4 nitrogen and oxygen atoms in total. The number of nitrogens with zero attached hydrogens (tertiary/aromatic N) is 1. The van der Waals surface area contributed by atoms with E-state index >= 15 is 0 Å². The summed E-state index contributed by atoms with van der Waals surface area (Å²) in [6.07, 6.45) is 17.1. The third-order valence-electron chi connectivity index (χ3n) is 5.13. The number of pyridine rings is 1. The summed E-state index contributed by atoms with van der Waals surface area (Å²) >= 11 is 0. The second kappa shape index (κ2) is 12.0. The Labute approximate surface area is 170 Å². The van der Waals surface area contributed by atoms with E-state index in [9.17, 15) is 13.0 Å². The van der Waals surface area contributed by atoms with Crippen LogP contribution in [0.2, 0.25) is 0 Å². The third kappa shape index (κ3) is 7.36. The fraction of sp³-hybridized carbons (Fsp3) is 0.522. The van der Waals surface area contributed by atoms with Gasteiger partial charge in [-0.2, -0.15) is 13.0 Å². The molecule has 0 aliphatic rings. The minimum absolute atomic E-state index is 0.0340. The van der Waals surface area contributed by atoms with Crippen molar-refractivity contribution in [3.63, 3.8) is 0 Å². The van der Waals surface area contributed by atoms with Gasteiger partial charge in [0.25, 0.3) is 0 Å². The van der Waals surface area contributed by atoms with Crippen LogP contribution in [-0.2, 0) is 16.5 Å². The van der Waals surface area contributed by atoms with Gasteiger partial charge < -0.3 is 0 Å². The Morgan fingerprint density at radius 3 is 1.93 bits per heavy atom. The molecular formula is C23H34NO3S+. The molecule has 28 heavy (non-hydrogen) atoms. The van der Waals surface area contributed by atoms with Crippen LogP contribution < -0.4 is 4.57 Å². The summed E-state index contributed by atoms with van der Waals surface area (Å²) in [4.78, 5) is -0.0340. The first-order valence-electron chi connectivity index (χ1n) is 10.6. The van der Waals surface area contributed by atoms with Gasteiger partial charge in [0.05, 0.1) is 0 Å². The topological polar surface area (TPSA) is 58.3 Å². The molecule has 0 saturated carbocycles. The Morgan fingerprint density at radius 1 is 0.786 bits per heavy atom. The smallest absolute Gasteiger partial charge is 0.282 e. The van der Waals surface area contributed by atoms with Crippen LogP contribution in [0.4, 0.5) is 0 Å². The number of unbranched alkanes of at least 4 members (excludes halogenated alkanes) is 9. The van der Waals surface area contributed by atoms with E-state index in [2.05, 4.69) is 6.92 Å². The number of benzene rings is 1. The molecule has 0 fully saturated rings. The van der Waals surface area contributed by atoms with Crippen LogP contribution in [0.5, 0.6) is 0 Å². The quantitative estimate of drug-likeness (QED) is 0.266. The van der Waals surface area contributed by atoms with Crippen LogP contribution in [0, 0.1) is 0 Å². The first kappa shape index (κ1) is 22.6. The van der Waals surface area contributed by atoms with Gasteiger partial charge in [-0.15, -0.1) is 0 Å². The van der Waals surface area contributed by atoms with Crippen molar-refractivity contribution in [3.05, 3.63) is 54.4 Å². The van der Waals surface area contributed by atoms with Crippen LogP contribution in [0.3, 0.4) is 0 Å². The van der Waals surface area contributed by atoms with Gasteiger partial charge in [0, 0.05) is 17.7 Å². The molecule has 154 valence electrons. The van der Waals surface area contributed by atoms with Crippen LogP contribution in [-0.4, -0.2) is 13.0 Å². The second-order valence-electron chi connectivity index (χ2n) is 7.45. The lowest BCUT2D eigenvalue weighted by molar-refractivity contribution is -0.598. The van der Waals surface area contributed by atoms with E-state index in [0.29, 0.717) is 5.69 Å². The molecule has 0 saturated heterocycles. The molecule has 0 bridgehead atoms. The normalized spacial score (nSPS) is 11.6.